The Hall–Kier alpha value is -3.42. The zero-order valence-corrected chi connectivity index (χ0v) is 17.3. The van der Waals surface area contributed by atoms with Crippen molar-refractivity contribution in [1.29, 1.82) is 0 Å². The lowest BCUT2D eigenvalue weighted by Gasteiger charge is -2.21. The summed E-state index contributed by atoms with van der Waals surface area (Å²) in [6.07, 6.45) is 0. The fourth-order valence-corrected chi connectivity index (χ4v) is 3.27. The smallest absolute Gasteiger partial charge is 0.244 e. The number of amides is 1. The van der Waals surface area contributed by atoms with E-state index in [-0.39, 0.29) is 18.5 Å². The predicted molar refractivity (Wildman–Crippen MR) is 111 cm³/mol. The quantitative estimate of drug-likeness (QED) is 0.675. The molecule has 0 aliphatic carbocycles. The molecule has 1 aliphatic heterocycles. The van der Waals surface area contributed by atoms with Gasteiger partial charge < -0.3 is 14.8 Å². The van der Waals surface area contributed by atoms with E-state index >= 15 is 0 Å². The molecule has 0 radical (unpaired) electrons. The van der Waals surface area contributed by atoms with Crippen LogP contribution in [0.5, 0.6) is 11.5 Å². The molecule has 1 aromatic heterocycles. The molecular weight excluding hydrogens is 382 g/mol. The molecule has 8 nitrogen and oxygen atoms in total. The first-order valence-electron chi connectivity index (χ1n) is 10.1. The summed E-state index contributed by atoms with van der Waals surface area (Å²) in [4.78, 5) is 13.8. The number of ether oxygens (including phenoxy) is 2. The fraction of sp³-hybridized carbons (Fsp3) is 0.364. The normalized spacial score (nSPS) is 13.9. The van der Waals surface area contributed by atoms with Gasteiger partial charge in [-0.25, -0.2) is 0 Å². The lowest BCUT2D eigenvalue weighted by molar-refractivity contribution is -0.122. The van der Waals surface area contributed by atoms with Crippen molar-refractivity contribution in [1.82, 2.24) is 25.5 Å². The van der Waals surface area contributed by atoms with Crippen LogP contribution in [-0.4, -0.2) is 39.3 Å². The SMILES string of the molecule is CC(C)c1ccc(-c2nnn(CC(=O)N[C@H](C)c3ccc4c(c3)OCCO4)n2)cc1. The molecule has 0 unspecified atom stereocenters. The number of benzene rings is 2. The average Bonchev–Trinajstić information content (AvgIpc) is 3.21. The molecule has 1 atom stereocenters. The first kappa shape index (κ1) is 19.9. The average molecular weight is 407 g/mol. The summed E-state index contributed by atoms with van der Waals surface area (Å²) in [6, 6.07) is 13.5. The Bertz CT molecular complexity index is 1030. The molecule has 0 fully saturated rings. The van der Waals surface area contributed by atoms with Crippen LogP contribution in [0, 0.1) is 0 Å². The summed E-state index contributed by atoms with van der Waals surface area (Å²) >= 11 is 0. The number of hydrogen-bond donors (Lipinski definition) is 1. The Balaban J connectivity index is 1.37. The van der Waals surface area contributed by atoms with Crippen molar-refractivity contribution in [3.8, 4) is 22.9 Å². The Morgan fingerprint density at radius 3 is 2.47 bits per heavy atom. The van der Waals surface area contributed by atoms with E-state index in [0.29, 0.717) is 30.7 Å². The number of hydrogen-bond acceptors (Lipinski definition) is 6. The van der Waals surface area contributed by atoms with Crippen LogP contribution in [0.1, 0.15) is 43.9 Å². The van der Waals surface area contributed by atoms with Gasteiger partial charge in [-0.3, -0.25) is 4.79 Å². The van der Waals surface area contributed by atoms with E-state index in [4.69, 9.17) is 9.47 Å². The molecule has 1 aliphatic rings. The molecule has 1 amide bonds. The first-order chi connectivity index (χ1) is 14.5. The topological polar surface area (TPSA) is 91.2 Å². The Morgan fingerprint density at radius 2 is 1.73 bits per heavy atom. The Kier molecular flexibility index (Phi) is 5.65. The number of carbonyl (C=O) groups is 1. The van der Waals surface area contributed by atoms with Gasteiger partial charge in [0.1, 0.15) is 19.8 Å². The predicted octanol–water partition coefficient (Wildman–Crippen LogP) is 3.11. The zero-order valence-electron chi connectivity index (χ0n) is 17.3. The molecule has 0 saturated carbocycles. The maximum atomic E-state index is 12.5. The number of nitrogens with zero attached hydrogens (tertiary/aromatic N) is 4. The van der Waals surface area contributed by atoms with Crippen molar-refractivity contribution in [2.75, 3.05) is 13.2 Å². The molecule has 4 rings (SSSR count). The summed E-state index contributed by atoms with van der Waals surface area (Å²) < 4.78 is 11.1. The van der Waals surface area contributed by atoms with E-state index in [9.17, 15) is 4.79 Å². The minimum absolute atomic E-state index is 0.00797. The molecule has 1 N–H and O–H groups in total. The second kappa shape index (κ2) is 8.52. The summed E-state index contributed by atoms with van der Waals surface area (Å²) in [7, 11) is 0. The van der Waals surface area contributed by atoms with Gasteiger partial charge in [-0.15, -0.1) is 10.2 Å². The Labute approximate surface area is 175 Å². The third-order valence-corrected chi connectivity index (χ3v) is 5.02. The second-order valence-electron chi connectivity index (χ2n) is 7.61. The Morgan fingerprint density at radius 1 is 1.03 bits per heavy atom. The van der Waals surface area contributed by atoms with Gasteiger partial charge in [-0.1, -0.05) is 44.2 Å². The van der Waals surface area contributed by atoms with Crippen LogP contribution in [0.15, 0.2) is 42.5 Å². The fourth-order valence-electron chi connectivity index (χ4n) is 3.27. The third kappa shape index (κ3) is 4.42. The summed E-state index contributed by atoms with van der Waals surface area (Å²) in [5.41, 5.74) is 3.06. The maximum absolute atomic E-state index is 12.5. The van der Waals surface area contributed by atoms with E-state index in [2.05, 4.69) is 46.7 Å². The largest absolute Gasteiger partial charge is 0.486 e. The lowest BCUT2D eigenvalue weighted by Crippen LogP contribution is -2.31. The second-order valence-corrected chi connectivity index (χ2v) is 7.61. The van der Waals surface area contributed by atoms with Crippen molar-refractivity contribution in [2.45, 2.75) is 39.3 Å². The van der Waals surface area contributed by atoms with E-state index in [1.54, 1.807) is 0 Å². The molecule has 2 aromatic carbocycles. The van der Waals surface area contributed by atoms with E-state index in [1.165, 1.54) is 10.4 Å². The minimum Gasteiger partial charge on any atom is -0.486 e. The maximum Gasteiger partial charge on any atom is 0.244 e. The number of aromatic nitrogens is 4. The highest BCUT2D eigenvalue weighted by molar-refractivity contribution is 5.76. The summed E-state index contributed by atoms with van der Waals surface area (Å²) in [5.74, 6) is 2.19. The molecule has 0 saturated heterocycles. The molecule has 30 heavy (non-hydrogen) atoms. The van der Waals surface area contributed by atoms with Crippen LogP contribution in [0.2, 0.25) is 0 Å². The molecule has 0 bridgehead atoms. The van der Waals surface area contributed by atoms with Crippen LogP contribution in [-0.2, 0) is 11.3 Å². The molecule has 2 heterocycles. The van der Waals surface area contributed by atoms with E-state index in [1.807, 2.05) is 37.3 Å². The van der Waals surface area contributed by atoms with Crippen molar-refractivity contribution in [2.24, 2.45) is 0 Å². The molecule has 3 aromatic rings. The monoisotopic (exact) mass is 407 g/mol. The number of rotatable bonds is 6. The van der Waals surface area contributed by atoms with E-state index in [0.717, 1.165) is 16.9 Å². The van der Waals surface area contributed by atoms with Gasteiger partial charge in [-0.2, -0.15) is 4.80 Å². The highest BCUT2D eigenvalue weighted by Gasteiger charge is 2.17. The number of tetrazole rings is 1. The standard InChI is InChI=1S/C22H25N5O3/c1-14(2)16-4-6-17(7-5-16)22-24-26-27(25-22)13-21(28)23-15(3)18-8-9-19-20(12-18)30-11-10-29-19/h4-9,12,14-15H,10-11,13H2,1-3H3,(H,23,28)/t15-/m1/s1. The van der Waals surface area contributed by atoms with Crippen LogP contribution in [0.25, 0.3) is 11.4 Å². The zero-order chi connectivity index (χ0) is 21.1. The van der Waals surface area contributed by atoms with Crippen molar-refractivity contribution >= 4 is 5.91 Å². The van der Waals surface area contributed by atoms with Crippen LogP contribution in [0.4, 0.5) is 0 Å². The van der Waals surface area contributed by atoms with Crippen molar-refractivity contribution < 1.29 is 14.3 Å². The van der Waals surface area contributed by atoms with Crippen molar-refractivity contribution in [3.63, 3.8) is 0 Å². The minimum atomic E-state index is -0.198. The molecule has 156 valence electrons. The van der Waals surface area contributed by atoms with Crippen LogP contribution in [0.3, 0.4) is 0 Å². The number of nitrogens with one attached hydrogen (secondary N) is 1. The van der Waals surface area contributed by atoms with Gasteiger partial charge in [0.15, 0.2) is 11.5 Å². The number of carbonyl (C=O) groups excluding carboxylic acids is 1. The van der Waals surface area contributed by atoms with Gasteiger partial charge in [0.25, 0.3) is 0 Å². The molecule has 8 heteroatoms. The summed E-state index contributed by atoms with van der Waals surface area (Å²) in [6.45, 7) is 7.28. The molecular formula is C22H25N5O3. The van der Waals surface area contributed by atoms with Crippen molar-refractivity contribution in [3.05, 3.63) is 53.6 Å². The third-order valence-electron chi connectivity index (χ3n) is 5.02. The summed E-state index contributed by atoms with van der Waals surface area (Å²) in [5, 5.41) is 15.4. The van der Waals surface area contributed by atoms with Gasteiger partial charge in [0, 0.05) is 5.56 Å². The van der Waals surface area contributed by atoms with Crippen LogP contribution < -0.4 is 14.8 Å². The lowest BCUT2D eigenvalue weighted by atomic mass is 10.0. The number of fused-ring (bicyclic) bond motifs is 1. The molecule has 0 spiro atoms. The van der Waals surface area contributed by atoms with Crippen LogP contribution >= 0.6 is 0 Å². The van der Waals surface area contributed by atoms with Gasteiger partial charge in [-0.05, 0) is 41.3 Å². The first-order valence-corrected chi connectivity index (χ1v) is 10.1. The van der Waals surface area contributed by atoms with E-state index < -0.39 is 0 Å². The van der Waals surface area contributed by atoms with Gasteiger partial charge in [0.2, 0.25) is 11.7 Å². The van der Waals surface area contributed by atoms with Gasteiger partial charge in [0.05, 0.1) is 6.04 Å². The highest BCUT2D eigenvalue weighted by Crippen LogP contribution is 2.32. The van der Waals surface area contributed by atoms with Gasteiger partial charge >= 0.3 is 0 Å². The highest BCUT2D eigenvalue weighted by atomic mass is 16.6.